The number of H-pyrrole nitrogens is 1. The first-order valence-corrected chi connectivity index (χ1v) is 9.57. The van der Waals surface area contributed by atoms with Gasteiger partial charge in [-0.3, -0.25) is 20.6 Å². The second-order valence-electron chi connectivity index (χ2n) is 7.26. The molecule has 3 atom stereocenters. The summed E-state index contributed by atoms with van der Waals surface area (Å²) in [5, 5.41) is 9.93. The van der Waals surface area contributed by atoms with Gasteiger partial charge in [0.1, 0.15) is 11.9 Å². The lowest BCUT2D eigenvalue weighted by molar-refractivity contribution is -0.118. The number of aromatic nitrogens is 3. The van der Waals surface area contributed by atoms with Crippen molar-refractivity contribution >= 4 is 11.9 Å². The average Bonchev–Trinajstić information content (AvgIpc) is 3.21. The highest BCUT2D eigenvalue weighted by molar-refractivity contribution is 5.93. The highest BCUT2D eigenvalue weighted by atomic mass is 16.2. The molecule has 138 valence electrons. The quantitative estimate of drug-likeness (QED) is 0.658. The Morgan fingerprint density at radius 2 is 1.92 bits per heavy atom. The van der Waals surface area contributed by atoms with Crippen LogP contribution in [0.25, 0.3) is 0 Å². The number of fused-ring (bicyclic) bond motifs is 1. The second kappa shape index (κ2) is 7.97. The van der Waals surface area contributed by atoms with Crippen molar-refractivity contribution in [2.75, 3.05) is 5.32 Å². The lowest BCUT2D eigenvalue weighted by Crippen LogP contribution is -2.42. The molecular formula is C19H26N6O. The van der Waals surface area contributed by atoms with Crippen LogP contribution in [0.15, 0.2) is 30.3 Å². The molecule has 1 saturated heterocycles. The number of carbonyl (C=O) groups is 1. The van der Waals surface area contributed by atoms with E-state index in [1.807, 2.05) is 18.2 Å². The van der Waals surface area contributed by atoms with Gasteiger partial charge in [0.2, 0.25) is 11.9 Å². The highest BCUT2D eigenvalue weighted by Gasteiger charge is 2.40. The number of amides is 1. The van der Waals surface area contributed by atoms with Crippen LogP contribution in [0, 0.1) is 5.92 Å². The number of hydrogen-bond donors (Lipinski definition) is 4. The van der Waals surface area contributed by atoms with Crippen molar-refractivity contribution < 1.29 is 4.79 Å². The van der Waals surface area contributed by atoms with Crippen molar-refractivity contribution in [2.24, 2.45) is 5.92 Å². The van der Waals surface area contributed by atoms with Crippen LogP contribution in [0.4, 0.5) is 5.95 Å². The third kappa shape index (κ3) is 3.94. The summed E-state index contributed by atoms with van der Waals surface area (Å²) in [6.07, 6.45) is 7.55. The maximum absolute atomic E-state index is 12.7. The topological polar surface area (TPSA) is 94.7 Å². The molecule has 4 rings (SSSR count). The molecule has 1 saturated carbocycles. The molecule has 3 unspecified atom stereocenters. The Bertz CT molecular complexity index is 731. The average molecular weight is 354 g/mol. The summed E-state index contributed by atoms with van der Waals surface area (Å²) in [6.45, 7) is 0. The van der Waals surface area contributed by atoms with Crippen molar-refractivity contribution in [3.05, 3.63) is 41.7 Å². The number of aryl methyl sites for hydroxylation is 2. The number of aromatic amines is 1. The van der Waals surface area contributed by atoms with Crippen LogP contribution in [0.1, 0.15) is 43.5 Å². The van der Waals surface area contributed by atoms with E-state index in [9.17, 15) is 4.79 Å². The largest absolute Gasteiger partial charge is 0.292 e. The molecule has 1 amide bonds. The number of hydrogen-bond acceptors (Lipinski definition) is 5. The van der Waals surface area contributed by atoms with Crippen LogP contribution in [0.5, 0.6) is 0 Å². The van der Waals surface area contributed by atoms with Gasteiger partial charge in [-0.15, -0.1) is 5.10 Å². The number of carbonyl (C=O) groups excluding carboxylic acids is 1. The zero-order chi connectivity index (χ0) is 17.8. The van der Waals surface area contributed by atoms with Crippen molar-refractivity contribution in [1.29, 1.82) is 0 Å². The maximum atomic E-state index is 12.7. The molecular weight excluding hydrogens is 328 g/mol. The normalized spacial score (nSPS) is 25.5. The lowest BCUT2D eigenvalue weighted by Gasteiger charge is -2.19. The van der Waals surface area contributed by atoms with Gasteiger partial charge in [-0.25, -0.2) is 5.43 Å². The van der Waals surface area contributed by atoms with Crippen LogP contribution in [0.3, 0.4) is 0 Å². The summed E-state index contributed by atoms with van der Waals surface area (Å²) in [6, 6.07) is 10.4. The van der Waals surface area contributed by atoms with Crippen LogP contribution < -0.4 is 16.2 Å². The third-order valence-corrected chi connectivity index (χ3v) is 5.46. The predicted octanol–water partition coefficient (Wildman–Crippen LogP) is 1.95. The van der Waals surface area contributed by atoms with Gasteiger partial charge in [0.15, 0.2) is 0 Å². The standard InChI is InChI=1S/C19H26N6O/c26-18(17-14-9-5-2-6-10-15(14)22-24-17)21-19-20-16(23-25-19)12-11-13-7-3-1-4-8-13/h1,3-4,7-8,14-15,17,22,24H,2,5-6,9-12H2,(H2,20,21,23,25,26). The van der Waals surface area contributed by atoms with E-state index in [-0.39, 0.29) is 11.9 Å². The number of nitrogens with zero attached hydrogens (tertiary/aromatic N) is 2. The molecule has 0 spiro atoms. The minimum absolute atomic E-state index is 0.0551. The second-order valence-corrected chi connectivity index (χ2v) is 7.26. The van der Waals surface area contributed by atoms with Crippen molar-refractivity contribution in [1.82, 2.24) is 26.0 Å². The van der Waals surface area contributed by atoms with E-state index >= 15 is 0 Å². The van der Waals surface area contributed by atoms with Gasteiger partial charge in [-0.05, 0) is 24.8 Å². The Morgan fingerprint density at radius 3 is 2.81 bits per heavy atom. The van der Waals surface area contributed by atoms with Crippen LogP contribution in [-0.2, 0) is 17.6 Å². The van der Waals surface area contributed by atoms with Crippen LogP contribution >= 0.6 is 0 Å². The smallest absolute Gasteiger partial charge is 0.248 e. The van der Waals surface area contributed by atoms with Gasteiger partial charge in [-0.1, -0.05) is 49.6 Å². The van der Waals surface area contributed by atoms with Gasteiger partial charge < -0.3 is 0 Å². The van der Waals surface area contributed by atoms with Gasteiger partial charge >= 0.3 is 0 Å². The van der Waals surface area contributed by atoms with Crippen molar-refractivity contribution in [2.45, 2.75) is 57.0 Å². The first-order valence-electron chi connectivity index (χ1n) is 9.57. The molecule has 7 heteroatoms. The molecule has 1 aliphatic heterocycles. The van der Waals surface area contributed by atoms with Gasteiger partial charge in [0.25, 0.3) is 0 Å². The summed E-state index contributed by atoms with van der Waals surface area (Å²) in [4.78, 5) is 17.1. The van der Waals surface area contributed by atoms with E-state index in [0.29, 0.717) is 17.9 Å². The van der Waals surface area contributed by atoms with Crippen molar-refractivity contribution in [3.63, 3.8) is 0 Å². The lowest BCUT2D eigenvalue weighted by atomic mass is 9.90. The zero-order valence-corrected chi connectivity index (χ0v) is 14.9. The Hall–Kier alpha value is -2.25. The summed E-state index contributed by atoms with van der Waals surface area (Å²) >= 11 is 0. The molecule has 2 fully saturated rings. The zero-order valence-electron chi connectivity index (χ0n) is 14.9. The fourth-order valence-corrected chi connectivity index (χ4v) is 4.04. The predicted molar refractivity (Wildman–Crippen MR) is 99.3 cm³/mol. The van der Waals surface area contributed by atoms with E-state index in [4.69, 9.17) is 0 Å². The molecule has 4 N–H and O–H groups in total. The van der Waals surface area contributed by atoms with Gasteiger partial charge in [-0.2, -0.15) is 4.98 Å². The van der Waals surface area contributed by atoms with Gasteiger partial charge in [0.05, 0.1) is 0 Å². The van der Waals surface area contributed by atoms with E-state index < -0.39 is 0 Å². The van der Waals surface area contributed by atoms with Crippen molar-refractivity contribution in [3.8, 4) is 0 Å². The molecule has 7 nitrogen and oxygen atoms in total. The molecule has 0 radical (unpaired) electrons. The summed E-state index contributed by atoms with van der Waals surface area (Å²) in [7, 11) is 0. The number of hydrazine groups is 1. The Labute approximate surface area is 153 Å². The number of rotatable bonds is 5. The molecule has 26 heavy (non-hydrogen) atoms. The minimum atomic E-state index is -0.218. The monoisotopic (exact) mass is 354 g/mol. The van der Waals surface area contributed by atoms with E-state index in [2.05, 4.69) is 43.5 Å². The number of nitrogens with one attached hydrogen (secondary N) is 4. The first kappa shape index (κ1) is 17.2. The molecule has 0 bridgehead atoms. The van der Waals surface area contributed by atoms with Gasteiger partial charge in [0, 0.05) is 18.4 Å². The molecule has 2 heterocycles. The van der Waals surface area contributed by atoms with E-state index in [1.165, 1.54) is 24.8 Å². The third-order valence-electron chi connectivity index (χ3n) is 5.46. The Morgan fingerprint density at radius 1 is 1.08 bits per heavy atom. The van der Waals surface area contributed by atoms with Crippen LogP contribution in [0.2, 0.25) is 0 Å². The minimum Gasteiger partial charge on any atom is -0.292 e. The molecule has 1 aromatic heterocycles. The Balaban J connectivity index is 1.33. The molecule has 1 aromatic carbocycles. The fourth-order valence-electron chi connectivity index (χ4n) is 4.04. The molecule has 2 aliphatic rings. The summed E-state index contributed by atoms with van der Waals surface area (Å²) in [5.41, 5.74) is 7.73. The fraction of sp³-hybridized carbons (Fsp3) is 0.526. The summed E-state index contributed by atoms with van der Waals surface area (Å²) < 4.78 is 0. The number of anilines is 1. The molecule has 2 aromatic rings. The van der Waals surface area contributed by atoms with E-state index in [1.54, 1.807) is 0 Å². The number of benzene rings is 1. The first-order chi connectivity index (χ1) is 12.8. The van der Waals surface area contributed by atoms with E-state index in [0.717, 1.165) is 31.5 Å². The summed E-state index contributed by atoms with van der Waals surface area (Å²) in [5.74, 6) is 1.43. The maximum Gasteiger partial charge on any atom is 0.248 e. The van der Waals surface area contributed by atoms with Crippen LogP contribution in [-0.4, -0.2) is 33.2 Å². The molecule has 1 aliphatic carbocycles. The Kier molecular flexibility index (Phi) is 5.26. The SMILES string of the molecule is O=C(Nc1n[nH]c(CCc2ccccc2)n1)C1NNC2CCCCCC21. The highest BCUT2D eigenvalue weighted by Crippen LogP contribution is 2.29.